The Morgan fingerprint density at radius 3 is 2.52 bits per heavy atom. The van der Waals surface area contributed by atoms with Crippen LogP contribution < -0.4 is 5.32 Å². The highest BCUT2D eigenvalue weighted by Gasteiger charge is 2.40. The number of hydrogen-bond donors (Lipinski definition) is 2. The van der Waals surface area contributed by atoms with Crippen LogP contribution in [0.5, 0.6) is 0 Å². The highest BCUT2D eigenvalue weighted by atomic mass is 16.5. The van der Waals surface area contributed by atoms with E-state index in [0.717, 1.165) is 10.8 Å². The van der Waals surface area contributed by atoms with E-state index in [2.05, 4.69) is 5.32 Å². The van der Waals surface area contributed by atoms with Crippen molar-refractivity contribution in [3.63, 3.8) is 0 Å². The molecule has 2 N–H and O–H groups in total. The van der Waals surface area contributed by atoms with Gasteiger partial charge in [-0.1, -0.05) is 36.4 Å². The van der Waals surface area contributed by atoms with Crippen molar-refractivity contribution in [3.8, 4) is 0 Å². The van der Waals surface area contributed by atoms with Gasteiger partial charge in [-0.3, -0.25) is 9.59 Å². The second-order valence-electron chi connectivity index (χ2n) is 5.91. The highest BCUT2D eigenvalue weighted by Crippen LogP contribution is 2.30. The van der Waals surface area contributed by atoms with Gasteiger partial charge in [0.25, 0.3) is 5.91 Å². The van der Waals surface area contributed by atoms with Gasteiger partial charge in [-0.25, -0.2) is 0 Å². The van der Waals surface area contributed by atoms with Crippen LogP contribution >= 0.6 is 0 Å². The lowest BCUT2D eigenvalue weighted by Crippen LogP contribution is -2.46. The summed E-state index contributed by atoms with van der Waals surface area (Å²) in [5.41, 5.74) is -0.367. The maximum Gasteiger partial charge on any atom is 0.311 e. The minimum atomic E-state index is -0.932. The van der Waals surface area contributed by atoms with Crippen LogP contribution in [0, 0.1) is 5.41 Å². The van der Waals surface area contributed by atoms with Gasteiger partial charge < -0.3 is 15.2 Å². The van der Waals surface area contributed by atoms with Crippen LogP contribution in [0.1, 0.15) is 23.2 Å². The number of hydrogen-bond acceptors (Lipinski definition) is 3. The molecule has 23 heavy (non-hydrogen) atoms. The SMILES string of the molecule is O=C(NCC1(C(=O)O)CCOCC1)c1cccc2ccccc12. The van der Waals surface area contributed by atoms with Gasteiger partial charge in [0.15, 0.2) is 0 Å². The number of aliphatic carboxylic acids is 1. The van der Waals surface area contributed by atoms with Gasteiger partial charge in [0.2, 0.25) is 0 Å². The Bertz CT molecular complexity index is 729. The maximum atomic E-state index is 12.5. The molecule has 1 aliphatic heterocycles. The van der Waals surface area contributed by atoms with Crippen LogP contribution in [0.4, 0.5) is 0 Å². The van der Waals surface area contributed by atoms with Crippen LogP contribution in [0.15, 0.2) is 42.5 Å². The van der Waals surface area contributed by atoms with Gasteiger partial charge in [0, 0.05) is 25.3 Å². The van der Waals surface area contributed by atoms with Crippen molar-refractivity contribution in [2.75, 3.05) is 19.8 Å². The molecule has 120 valence electrons. The quantitative estimate of drug-likeness (QED) is 0.909. The number of amides is 1. The molecule has 1 amide bonds. The van der Waals surface area contributed by atoms with E-state index < -0.39 is 11.4 Å². The number of ether oxygens (including phenoxy) is 1. The largest absolute Gasteiger partial charge is 0.481 e. The summed E-state index contributed by atoms with van der Waals surface area (Å²) in [4.78, 5) is 24.2. The third kappa shape index (κ3) is 3.05. The number of carboxylic acid groups (broad SMARTS) is 1. The summed E-state index contributed by atoms with van der Waals surface area (Å²) in [6.07, 6.45) is 0.830. The Morgan fingerprint density at radius 2 is 1.78 bits per heavy atom. The van der Waals surface area contributed by atoms with Crippen molar-refractivity contribution >= 4 is 22.6 Å². The van der Waals surface area contributed by atoms with Gasteiger partial charge in [-0.15, -0.1) is 0 Å². The number of carbonyl (C=O) groups is 2. The van der Waals surface area contributed by atoms with Gasteiger partial charge in [-0.2, -0.15) is 0 Å². The molecule has 0 bridgehead atoms. The van der Waals surface area contributed by atoms with Crippen molar-refractivity contribution in [1.82, 2.24) is 5.32 Å². The summed E-state index contributed by atoms with van der Waals surface area (Å²) in [5, 5.41) is 14.2. The summed E-state index contributed by atoms with van der Waals surface area (Å²) < 4.78 is 5.25. The lowest BCUT2D eigenvalue weighted by molar-refractivity contribution is -0.154. The number of nitrogens with one attached hydrogen (secondary N) is 1. The molecule has 0 aliphatic carbocycles. The lowest BCUT2D eigenvalue weighted by Gasteiger charge is -2.33. The normalized spacial score (nSPS) is 16.9. The molecule has 2 aromatic carbocycles. The van der Waals surface area contributed by atoms with Crippen molar-refractivity contribution in [3.05, 3.63) is 48.0 Å². The third-order valence-corrected chi connectivity index (χ3v) is 4.53. The fraction of sp³-hybridized carbons (Fsp3) is 0.333. The van der Waals surface area contributed by atoms with Crippen molar-refractivity contribution in [2.24, 2.45) is 5.41 Å². The molecule has 0 unspecified atom stereocenters. The molecule has 5 nitrogen and oxygen atoms in total. The Labute approximate surface area is 134 Å². The first-order valence-electron chi connectivity index (χ1n) is 7.69. The molecule has 0 aromatic heterocycles. The monoisotopic (exact) mass is 313 g/mol. The number of carbonyl (C=O) groups excluding carboxylic acids is 1. The van der Waals surface area contributed by atoms with Crippen LogP contribution in [-0.4, -0.2) is 36.7 Å². The summed E-state index contributed by atoms with van der Waals surface area (Å²) in [7, 11) is 0. The van der Waals surface area contributed by atoms with Crippen molar-refractivity contribution < 1.29 is 19.4 Å². The molecule has 1 heterocycles. The maximum absolute atomic E-state index is 12.5. The minimum absolute atomic E-state index is 0.119. The summed E-state index contributed by atoms with van der Waals surface area (Å²) >= 11 is 0. The average molecular weight is 313 g/mol. The number of fused-ring (bicyclic) bond motifs is 1. The first kappa shape index (κ1) is 15.5. The number of carboxylic acids is 1. The Morgan fingerprint density at radius 1 is 1.09 bits per heavy atom. The summed E-state index contributed by atoms with van der Waals surface area (Å²) in [5.74, 6) is -1.12. The molecule has 3 rings (SSSR count). The van der Waals surface area contributed by atoms with E-state index in [-0.39, 0.29) is 12.5 Å². The third-order valence-electron chi connectivity index (χ3n) is 4.53. The van der Waals surface area contributed by atoms with E-state index in [9.17, 15) is 14.7 Å². The standard InChI is InChI=1S/C18H19NO4/c20-16(15-7-3-5-13-4-1-2-6-14(13)15)19-12-18(17(21)22)8-10-23-11-9-18/h1-7H,8-12H2,(H,19,20)(H,21,22). The molecule has 0 radical (unpaired) electrons. The van der Waals surface area contributed by atoms with Crippen molar-refractivity contribution in [2.45, 2.75) is 12.8 Å². The van der Waals surface area contributed by atoms with Crippen LogP contribution in [0.3, 0.4) is 0 Å². The smallest absolute Gasteiger partial charge is 0.311 e. The fourth-order valence-electron chi connectivity index (χ4n) is 3.00. The van der Waals surface area contributed by atoms with E-state index in [1.807, 2.05) is 36.4 Å². The molecule has 5 heteroatoms. The number of rotatable bonds is 4. The van der Waals surface area contributed by atoms with E-state index in [4.69, 9.17) is 4.74 Å². The Hall–Kier alpha value is -2.40. The van der Waals surface area contributed by atoms with Crippen LogP contribution in [-0.2, 0) is 9.53 Å². The molecule has 1 saturated heterocycles. The molecule has 1 aliphatic rings. The summed E-state index contributed by atoms with van der Waals surface area (Å²) in [6.45, 7) is 0.945. The minimum Gasteiger partial charge on any atom is -0.481 e. The van der Waals surface area contributed by atoms with E-state index in [1.165, 1.54) is 0 Å². The first-order chi connectivity index (χ1) is 11.1. The number of benzene rings is 2. The topological polar surface area (TPSA) is 75.6 Å². The lowest BCUT2D eigenvalue weighted by atomic mass is 9.80. The molecule has 2 aromatic rings. The molecular formula is C18H19NO4. The van der Waals surface area contributed by atoms with Crippen LogP contribution in [0.25, 0.3) is 10.8 Å². The molecule has 0 spiro atoms. The Balaban J connectivity index is 1.79. The van der Waals surface area contributed by atoms with Gasteiger partial charge >= 0.3 is 5.97 Å². The zero-order valence-corrected chi connectivity index (χ0v) is 12.7. The van der Waals surface area contributed by atoms with Gasteiger partial charge in [-0.05, 0) is 29.7 Å². The first-order valence-corrected chi connectivity index (χ1v) is 7.69. The zero-order chi connectivity index (χ0) is 16.3. The van der Waals surface area contributed by atoms with Gasteiger partial charge in [0.05, 0.1) is 5.41 Å². The summed E-state index contributed by atoms with van der Waals surface area (Å²) in [6, 6.07) is 13.2. The highest BCUT2D eigenvalue weighted by molar-refractivity contribution is 6.07. The van der Waals surface area contributed by atoms with E-state index in [0.29, 0.717) is 31.6 Å². The second kappa shape index (κ2) is 6.38. The molecule has 0 saturated carbocycles. The molecular weight excluding hydrogens is 294 g/mol. The van der Waals surface area contributed by atoms with Crippen molar-refractivity contribution in [1.29, 1.82) is 0 Å². The predicted octanol–water partition coefficient (Wildman–Crippen LogP) is 2.45. The molecule has 1 fully saturated rings. The Kier molecular flexibility index (Phi) is 4.30. The van der Waals surface area contributed by atoms with Gasteiger partial charge in [0.1, 0.15) is 0 Å². The van der Waals surface area contributed by atoms with E-state index >= 15 is 0 Å². The fourth-order valence-corrected chi connectivity index (χ4v) is 3.00. The second-order valence-corrected chi connectivity index (χ2v) is 5.91. The van der Waals surface area contributed by atoms with Crippen LogP contribution in [0.2, 0.25) is 0 Å². The zero-order valence-electron chi connectivity index (χ0n) is 12.7. The molecule has 0 atom stereocenters. The predicted molar refractivity (Wildman–Crippen MR) is 86.4 cm³/mol. The van der Waals surface area contributed by atoms with E-state index in [1.54, 1.807) is 6.07 Å². The average Bonchev–Trinajstić information content (AvgIpc) is 2.60.